The highest BCUT2D eigenvalue weighted by molar-refractivity contribution is 6.00. The minimum absolute atomic E-state index is 0.0472. The van der Waals surface area contributed by atoms with Crippen LogP contribution in [0, 0.1) is 13.8 Å². The molecule has 1 amide bonds. The van der Waals surface area contributed by atoms with Crippen LogP contribution in [0.5, 0.6) is 0 Å². The van der Waals surface area contributed by atoms with Gasteiger partial charge in [0.25, 0.3) is 5.91 Å². The summed E-state index contributed by atoms with van der Waals surface area (Å²) in [5.74, 6) is -0.428. The minimum Gasteiger partial charge on any atom is -0.462 e. The third kappa shape index (κ3) is 4.90. The lowest BCUT2D eigenvalue weighted by molar-refractivity contribution is 0.0525. The van der Waals surface area contributed by atoms with Crippen LogP contribution in [-0.2, 0) is 11.2 Å². The molecule has 2 aromatic rings. The first-order valence-corrected chi connectivity index (χ1v) is 10.7. The molecule has 1 saturated heterocycles. The first kappa shape index (κ1) is 22.0. The third-order valence-corrected chi connectivity index (χ3v) is 5.88. The molecule has 3 heterocycles. The maximum absolute atomic E-state index is 13.2. The van der Waals surface area contributed by atoms with Gasteiger partial charge in [0.1, 0.15) is 5.69 Å². The first-order valence-electron chi connectivity index (χ1n) is 10.7. The van der Waals surface area contributed by atoms with Crippen LogP contribution in [-0.4, -0.2) is 71.0 Å². The van der Waals surface area contributed by atoms with Crippen LogP contribution in [0.3, 0.4) is 0 Å². The molecule has 0 aromatic carbocycles. The summed E-state index contributed by atoms with van der Waals surface area (Å²) in [4.78, 5) is 37.2. The summed E-state index contributed by atoms with van der Waals surface area (Å²) in [6.07, 6.45) is 4.74. The van der Waals surface area contributed by atoms with Crippen LogP contribution in [0.25, 0.3) is 0 Å². The molecular formula is C23H32N4O3. The number of likely N-dealkylation sites (tertiary alicyclic amines) is 1. The van der Waals surface area contributed by atoms with Crippen LogP contribution < -0.4 is 0 Å². The maximum atomic E-state index is 13.2. The Hall–Kier alpha value is -2.67. The lowest BCUT2D eigenvalue weighted by Gasteiger charge is -2.37. The summed E-state index contributed by atoms with van der Waals surface area (Å²) in [5, 5.41) is 0. The van der Waals surface area contributed by atoms with Gasteiger partial charge in [-0.1, -0.05) is 6.07 Å². The lowest BCUT2D eigenvalue weighted by atomic mass is 10.0. The quantitative estimate of drug-likeness (QED) is 0.708. The van der Waals surface area contributed by atoms with Gasteiger partial charge in [0.05, 0.1) is 12.2 Å². The van der Waals surface area contributed by atoms with E-state index < -0.39 is 0 Å². The van der Waals surface area contributed by atoms with Gasteiger partial charge >= 0.3 is 5.97 Å². The molecule has 1 aliphatic heterocycles. The van der Waals surface area contributed by atoms with E-state index in [0.717, 1.165) is 38.0 Å². The number of hydrogen-bond donors (Lipinski definition) is 1. The number of carbonyl (C=O) groups is 2. The predicted molar refractivity (Wildman–Crippen MR) is 116 cm³/mol. The van der Waals surface area contributed by atoms with Crippen molar-refractivity contribution < 1.29 is 14.3 Å². The van der Waals surface area contributed by atoms with Gasteiger partial charge in [-0.25, -0.2) is 4.79 Å². The fraction of sp³-hybridized carbons (Fsp3) is 0.522. The number of nitrogens with one attached hydrogen (secondary N) is 1. The molecule has 0 aliphatic carbocycles. The van der Waals surface area contributed by atoms with Crippen molar-refractivity contribution in [2.45, 2.75) is 46.1 Å². The number of esters is 1. The highest BCUT2D eigenvalue weighted by Gasteiger charge is 2.30. The number of amides is 1. The Labute approximate surface area is 178 Å². The number of likely N-dealkylation sites (N-methyl/N-ethyl adjacent to an activating group) is 1. The Morgan fingerprint density at radius 1 is 1.33 bits per heavy atom. The van der Waals surface area contributed by atoms with Crippen molar-refractivity contribution in [3.05, 3.63) is 52.6 Å². The number of ether oxygens (including phenoxy) is 1. The zero-order valence-electron chi connectivity index (χ0n) is 18.4. The summed E-state index contributed by atoms with van der Waals surface area (Å²) >= 11 is 0. The minimum atomic E-state index is -0.381. The average Bonchev–Trinajstić information content (AvgIpc) is 3.06. The molecule has 0 spiro atoms. The van der Waals surface area contributed by atoms with Gasteiger partial charge in [-0.15, -0.1) is 0 Å². The highest BCUT2D eigenvalue weighted by atomic mass is 16.5. The number of H-pyrrole nitrogens is 1. The third-order valence-electron chi connectivity index (χ3n) is 5.88. The molecule has 2 aromatic heterocycles. The van der Waals surface area contributed by atoms with E-state index in [4.69, 9.17) is 4.74 Å². The summed E-state index contributed by atoms with van der Waals surface area (Å²) in [6.45, 7) is 8.02. The van der Waals surface area contributed by atoms with E-state index >= 15 is 0 Å². The van der Waals surface area contributed by atoms with Crippen molar-refractivity contribution in [2.75, 3.05) is 33.3 Å². The van der Waals surface area contributed by atoms with Crippen molar-refractivity contribution >= 4 is 11.9 Å². The zero-order chi connectivity index (χ0) is 21.7. The van der Waals surface area contributed by atoms with Crippen molar-refractivity contribution in [3.63, 3.8) is 0 Å². The van der Waals surface area contributed by atoms with Gasteiger partial charge in [-0.3, -0.25) is 9.78 Å². The number of carbonyl (C=O) groups excluding carboxylic acids is 2. The first-order chi connectivity index (χ1) is 14.4. The van der Waals surface area contributed by atoms with Gasteiger partial charge < -0.3 is 19.5 Å². The molecule has 0 unspecified atom stereocenters. The Kier molecular flexibility index (Phi) is 7.26. The monoisotopic (exact) mass is 412 g/mol. The molecule has 30 heavy (non-hydrogen) atoms. The molecule has 162 valence electrons. The Morgan fingerprint density at radius 2 is 2.13 bits per heavy atom. The van der Waals surface area contributed by atoms with Crippen LogP contribution >= 0.6 is 0 Å². The Bertz CT molecular complexity index is 878. The molecule has 1 fully saturated rings. The molecule has 0 bridgehead atoms. The van der Waals surface area contributed by atoms with E-state index in [9.17, 15) is 9.59 Å². The van der Waals surface area contributed by atoms with Crippen LogP contribution in [0.15, 0.2) is 24.4 Å². The largest absolute Gasteiger partial charge is 0.462 e. The summed E-state index contributed by atoms with van der Waals surface area (Å²) in [5.41, 5.74) is 3.39. The van der Waals surface area contributed by atoms with E-state index in [0.29, 0.717) is 41.7 Å². The molecule has 1 N–H and O–H groups in total. The van der Waals surface area contributed by atoms with E-state index in [1.54, 1.807) is 13.8 Å². The SMILES string of the molecule is CCOC(=O)c1c(C)[nH]c(C(=O)N2CCC[C@H](N(C)CCc3ccccn3)C2)c1C. The molecule has 1 atom stereocenters. The standard InChI is InChI=1S/C23H32N4O3/c1-5-30-23(29)20-16(2)21(25-17(20)3)22(28)27-13-8-10-19(15-27)26(4)14-11-18-9-6-7-12-24-18/h6-7,9,12,19,25H,5,8,10-11,13-15H2,1-4H3/t19-/m0/s1. The molecule has 3 rings (SSSR count). The molecule has 1 aliphatic rings. The Morgan fingerprint density at radius 3 is 2.83 bits per heavy atom. The number of piperidine rings is 1. The second-order valence-electron chi connectivity index (χ2n) is 7.94. The summed E-state index contributed by atoms with van der Waals surface area (Å²) < 4.78 is 5.14. The van der Waals surface area contributed by atoms with E-state index in [2.05, 4.69) is 21.9 Å². The fourth-order valence-corrected chi connectivity index (χ4v) is 4.15. The van der Waals surface area contributed by atoms with Crippen molar-refractivity contribution in [1.29, 1.82) is 0 Å². The highest BCUT2D eigenvalue weighted by Crippen LogP contribution is 2.23. The van der Waals surface area contributed by atoms with E-state index in [1.165, 1.54) is 0 Å². The van der Waals surface area contributed by atoms with Crippen molar-refractivity contribution in [3.8, 4) is 0 Å². The van der Waals surface area contributed by atoms with Gasteiger partial charge in [0, 0.05) is 49.7 Å². The van der Waals surface area contributed by atoms with Crippen molar-refractivity contribution in [2.24, 2.45) is 0 Å². The van der Waals surface area contributed by atoms with Crippen LogP contribution in [0.4, 0.5) is 0 Å². The van der Waals surface area contributed by atoms with Crippen molar-refractivity contribution in [1.82, 2.24) is 19.8 Å². The molecule has 7 nitrogen and oxygen atoms in total. The topological polar surface area (TPSA) is 78.5 Å². The van der Waals surface area contributed by atoms with Gasteiger partial charge in [0.2, 0.25) is 0 Å². The predicted octanol–water partition coefficient (Wildman–Crippen LogP) is 2.98. The normalized spacial score (nSPS) is 16.7. The number of pyridine rings is 1. The second-order valence-corrected chi connectivity index (χ2v) is 7.94. The number of aromatic nitrogens is 2. The maximum Gasteiger partial charge on any atom is 0.340 e. The van der Waals surface area contributed by atoms with Crippen LogP contribution in [0.2, 0.25) is 0 Å². The summed E-state index contributed by atoms with van der Waals surface area (Å²) in [6, 6.07) is 6.29. The van der Waals surface area contributed by atoms with E-state index in [1.807, 2.05) is 36.2 Å². The zero-order valence-corrected chi connectivity index (χ0v) is 18.4. The van der Waals surface area contributed by atoms with Gasteiger partial charge in [-0.2, -0.15) is 0 Å². The van der Waals surface area contributed by atoms with E-state index in [-0.39, 0.29) is 11.9 Å². The fourth-order valence-electron chi connectivity index (χ4n) is 4.15. The van der Waals surface area contributed by atoms with Crippen LogP contribution in [0.1, 0.15) is 57.6 Å². The number of hydrogen-bond acceptors (Lipinski definition) is 5. The second kappa shape index (κ2) is 9.89. The Balaban J connectivity index is 1.65. The number of aromatic amines is 1. The molecule has 7 heteroatoms. The smallest absolute Gasteiger partial charge is 0.340 e. The van der Waals surface area contributed by atoms with Gasteiger partial charge in [-0.05, 0) is 58.4 Å². The number of aryl methyl sites for hydroxylation is 1. The number of rotatable bonds is 7. The summed E-state index contributed by atoms with van der Waals surface area (Å²) in [7, 11) is 2.12. The van der Waals surface area contributed by atoms with Gasteiger partial charge in [0.15, 0.2) is 0 Å². The average molecular weight is 413 g/mol. The molecule has 0 saturated carbocycles. The number of nitrogens with zero attached hydrogens (tertiary/aromatic N) is 3. The molecular weight excluding hydrogens is 380 g/mol. The lowest BCUT2D eigenvalue weighted by Crippen LogP contribution is -2.49. The molecule has 0 radical (unpaired) electrons.